The summed E-state index contributed by atoms with van der Waals surface area (Å²) in [4.78, 5) is 0. The van der Waals surface area contributed by atoms with Crippen molar-refractivity contribution >= 4 is 0 Å². The molecule has 1 N–H and O–H groups in total. The van der Waals surface area contributed by atoms with Crippen LogP contribution in [0.3, 0.4) is 0 Å². The average Bonchev–Trinajstić information content (AvgIpc) is 1.87. The fourth-order valence-corrected chi connectivity index (χ4v) is 0.420. The summed E-state index contributed by atoms with van der Waals surface area (Å²) < 4.78 is 14.2. The number of ether oxygens (including phenoxy) is 3. The summed E-state index contributed by atoms with van der Waals surface area (Å²) >= 11 is 0. The summed E-state index contributed by atoms with van der Waals surface area (Å²) in [5, 5.41) is 8.60. The SMILES string of the molecule is COCOCCOC(C)O. The summed E-state index contributed by atoms with van der Waals surface area (Å²) in [6, 6.07) is 0. The van der Waals surface area contributed by atoms with Crippen molar-refractivity contribution in [3.8, 4) is 0 Å². The standard InChI is InChI=1S/C6H14O4/c1-6(7)10-4-3-9-5-8-2/h6-7H,3-5H2,1-2H3. The first-order chi connectivity index (χ1) is 4.77. The van der Waals surface area contributed by atoms with Gasteiger partial charge in [-0.25, -0.2) is 0 Å². The van der Waals surface area contributed by atoms with Crippen LogP contribution in [0.4, 0.5) is 0 Å². The van der Waals surface area contributed by atoms with E-state index < -0.39 is 6.29 Å². The first-order valence-electron chi connectivity index (χ1n) is 3.13. The Bertz CT molecular complexity index is 64.8. The molecule has 0 aliphatic heterocycles. The van der Waals surface area contributed by atoms with Gasteiger partial charge in [0.05, 0.1) is 13.2 Å². The Morgan fingerprint density at radius 2 is 2.10 bits per heavy atom. The second-order valence-electron chi connectivity index (χ2n) is 1.78. The van der Waals surface area contributed by atoms with Gasteiger partial charge in [-0.1, -0.05) is 0 Å². The zero-order valence-electron chi connectivity index (χ0n) is 6.37. The minimum atomic E-state index is -0.717. The fraction of sp³-hybridized carbons (Fsp3) is 1.00. The molecule has 62 valence electrons. The van der Waals surface area contributed by atoms with Crippen LogP contribution in [0.1, 0.15) is 6.92 Å². The van der Waals surface area contributed by atoms with E-state index in [1.54, 1.807) is 14.0 Å². The van der Waals surface area contributed by atoms with Crippen LogP contribution in [0.15, 0.2) is 0 Å². The molecule has 1 unspecified atom stereocenters. The average molecular weight is 150 g/mol. The van der Waals surface area contributed by atoms with Gasteiger partial charge in [-0.3, -0.25) is 0 Å². The topological polar surface area (TPSA) is 47.9 Å². The predicted molar refractivity (Wildman–Crippen MR) is 35.5 cm³/mol. The highest BCUT2D eigenvalue weighted by molar-refractivity contribution is 4.27. The van der Waals surface area contributed by atoms with Gasteiger partial charge < -0.3 is 19.3 Å². The van der Waals surface area contributed by atoms with Gasteiger partial charge in [0, 0.05) is 7.11 Å². The number of hydrogen-bond acceptors (Lipinski definition) is 4. The molecule has 0 saturated heterocycles. The van der Waals surface area contributed by atoms with Gasteiger partial charge in [-0.05, 0) is 6.92 Å². The molecule has 0 amide bonds. The lowest BCUT2D eigenvalue weighted by molar-refractivity contribution is -0.115. The summed E-state index contributed by atoms with van der Waals surface area (Å²) in [5.41, 5.74) is 0. The van der Waals surface area contributed by atoms with Crippen molar-refractivity contribution in [3.05, 3.63) is 0 Å². The summed E-state index contributed by atoms with van der Waals surface area (Å²) in [5.74, 6) is 0. The molecule has 4 nitrogen and oxygen atoms in total. The molecule has 0 saturated carbocycles. The fourth-order valence-electron chi connectivity index (χ4n) is 0.420. The molecular weight excluding hydrogens is 136 g/mol. The van der Waals surface area contributed by atoms with Gasteiger partial charge in [0.2, 0.25) is 0 Å². The Hall–Kier alpha value is -0.160. The van der Waals surface area contributed by atoms with E-state index in [-0.39, 0.29) is 6.79 Å². The largest absolute Gasteiger partial charge is 0.368 e. The first kappa shape index (κ1) is 9.84. The van der Waals surface area contributed by atoms with E-state index in [2.05, 4.69) is 4.74 Å². The maximum absolute atomic E-state index is 8.60. The lowest BCUT2D eigenvalue weighted by Gasteiger charge is -2.05. The second-order valence-corrected chi connectivity index (χ2v) is 1.78. The van der Waals surface area contributed by atoms with E-state index >= 15 is 0 Å². The minimum Gasteiger partial charge on any atom is -0.368 e. The van der Waals surface area contributed by atoms with Crippen molar-refractivity contribution in [2.45, 2.75) is 13.2 Å². The van der Waals surface area contributed by atoms with Crippen LogP contribution in [0.2, 0.25) is 0 Å². The van der Waals surface area contributed by atoms with E-state index in [9.17, 15) is 0 Å². The van der Waals surface area contributed by atoms with Gasteiger partial charge in [0.25, 0.3) is 0 Å². The molecule has 1 atom stereocenters. The summed E-state index contributed by atoms with van der Waals surface area (Å²) in [6.45, 7) is 2.65. The lowest BCUT2D eigenvalue weighted by atomic mass is 10.7. The van der Waals surface area contributed by atoms with Crippen LogP contribution in [0.5, 0.6) is 0 Å². The van der Waals surface area contributed by atoms with Crippen LogP contribution in [-0.4, -0.2) is 38.5 Å². The zero-order valence-corrected chi connectivity index (χ0v) is 6.37. The van der Waals surface area contributed by atoms with Crippen molar-refractivity contribution in [1.82, 2.24) is 0 Å². The van der Waals surface area contributed by atoms with E-state index in [0.717, 1.165) is 0 Å². The Labute approximate surface area is 60.7 Å². The van der Waals surface area contributed by atoms with Crippen molar-refractivity contribution < 1.29 is 19.3 Å². The zero-order chi connectivity index (χ0) is 7.82. The molecule has 10 heavy (non-hydrogen) atoms. The Balaban J connectivity index is 2.77. The second kappa shape index (κ2) is 6.95. The summed E-state index contributed by atoms with van der Waals surface area (Å²) in [7, 11) is 1.55. The van der Waals surface area contributed by atoms with Crippen LogP contribution in [0, 0.1) is 0 Å². The van der Waals surface area contributed by atoms with Crippen LogP contribution >= 0.6 is 0 Å². The number of aliphatic hydroxyl groups excluding tert-OH is 1. The first-order valence-corrected chi connectivity index (χ1v) is 3.13. The molecule has 0 aliphatic rings. The molecule has 0 aromatic rings. The van der Waals surface area contributed by atoms with E-state index in [1.165, 1.54) is 0 Å². The smallest absolute Gasteiger partial charge is 0.151 e. The normalized spacial score (nSPS) is 13.5. The molecule has 0 fully saturated rings. The van der Waals surface area contributed by atoms with Crippen LogP contribution in [0.25, 0.3) is 0 Å². The van der Waals surface area contributed by atoms with Crippen molar-refractivity contribution in [2.24, 2.45) is 0 Å². The third-order valence-electron chi connectivity index (χ3n) is 0.788. The van der Waals surface area contributed by atoms with Gasteiger partial charge in [0.1, 0.15) is 6.79 Å². The number of hydrogen-bond donors (Lipinski definition) is 1. The van der Waals surface area contributed by atoms with Crippen LogP contribution in [-0.2, 0) is 14.2 Å². The Morgan fingerprint density at radius 1 is 1.40 bits per heavy atom. The van der Waals surface area contributed by atoms with Gasteiger partial charge in [-0.15, -0.1) is 0 Å². The molecule has 0 aliphatic carbocycles. The Morgan fingerprint density at radius 3 is 2.60 bits per heavy atom. The quantitative estimate of drug-likeness (QED) is 0.426. The monoisotopic (exact) mass is 150 g/mol. The predicted octanol–water partition coefficient (Wildman–Crippen LogP) is -0.0382. The maximum Gasteiger partial charge on any atom is 0.151 e. The molecular formula is C6H14O4. The number of methoxy groups -OCH3 is 1. The van der Waals surface area contributed by atoms with Crippen molar-refractivity contribution in [3.63, 3.8) is 0 Å². The van der Waals surface area contributed by atoms with Gasteiger partial charge >= 0.3 is 0 Å². The molecule has 0 heterocycles. The molecule has 4 heteroatoms. The summed E-state index contributed by atoms with van der Waals surface area (Å²) in [6.07, 6.45) is -0.717. The van der Waals surface area contributed by atoms with Gasteiger partial charge in [0.15, 0.2) is 6.29 Å². The van der Waals surface area contributed by atoms with Crippen molar-refractivity contribution in [2.75, 3.05) is 27.1 Å². The van der Waals surface area contributed by atoms with E-state index in [4.69, 9.17) is 14.6 Å². The number of aliphatic hydroxyl groups is 1. The third kappa shape index (κ3) is 7.84. The van der Waals surface area contributed by atoms with Gasteiger partial charge in [-0.2, -0.15) is 0 Å². The Kier molecular flexibility index (Phi) is 6.84. The molecule has 0 spiro atoms. The third-order valence-corrected chi connectivity index (χ3v) is 0.788. The van der Waals surface area contributed by atoms with Crippen molar-refractivity contribution in [1.29, 1.82) is 0 Å². The highest BCUT2D eigenvalue weighted by Gasteiger charge is 1.92. The lowest BCUT2D eigenvalue weighted by Crippen LogP contribution is -2.12. The molecule has 0 rings (SSSR count). The number of rotatable bonds is 6. The highest BCUT2D eigenvalue weighted by atomic mass is 16.7. The highest BCUT2D eigenvalue weighted by Crippen LogP contribution is 1.83. The molecule has 0 aromatic heterocycles. The molecule has 0 bridgehead atoms. The minimum absolute atomic E-state index is 0.267. The molecule has 0 aromatic carbocycles. The molecule has 0 radical (unpaired) electrons. The van der Waals surface area contributed by atoms with Crippen LogP contribution < -0.4 is 0 Å². The van der Waals surface area contributed by atoms with E-state index in [0.29, 0.717) is 13.2 Å². The maximum atomic E-state index is 8.60. The van der Waals surface area contributed by atoms with E-state index in [1.807, 2.05) is 0 Å².